The number of anilines is 3. The molecule has 7 nitrogen and oxygen atoms in total. The number of pyridine rings is 1. The summed E-state index contributed by atoms with van der Waals surface area (Å²) in [5.74, 6) is -0.161. The number of benzene rings is 2. The second kappa shape index (κ2) is 10.6. The molecule has 8 heteroatoms. The highest BCUT2D eigenvalue weighted by molar-refractivity contribution is 6.35. The molecular formula is C27H26ClN5O2. The van der Waals surface area contributed by atoms with E-state index in [9.17, 15) is 14.9 Å². The maximum atomic E-state index is 12.6. The molecule has 178 valence electrons. The number of aromatic nitrogens is 1. The van der Waals surface area contributed by atoms with Crippen molar-refractivity contribution in [3.63, 3.8) is 0 Å². The highest BCUT2D eigenvalue weighted by Gasteiger charge is 2.28. The van der Waals surface area contributed by atoms with Gasteiger partial charge in [-0.05, 0) is 43.5 Å². The van der Waals surface area contributed by atoms with E-state index in [0.717, 1.165) is 18.4 Å². The van der Waals surface area contributed by atoms with E-state index >= 15 is 0 Å². The Labute approximate surface area is 209 Å². The summed E-state index contributed by atoms with van der Waals surface area (Å²) in [6.45, 7) is 4.57. The van der Waals surface area contributed by atoms with Gasteiger partial charge in [-0.2, -0.15) is 5.26 Å². The molecular weight excluding hydrogens is 462 g/mol. The summed E-state index contributed by atoms with van der Waals surface area (Å²) in [5.41, 5.74) is 3.00. The largest absolute Gasteiger partial charge is 0.367 e. The molecule has 2 aromatic carbocycles. The minimum absolute atomic E-state index is 0.0814. The van der Waals surface area contributed by atoms with Crippen molar-refractivity contribution in [2.75, 3.05) is 22.9 Å². The molecule has 2 heterocycles. The van der Waals surface area contributed by atoms with Crippen LogP contribution >= 0.6 is 11.6 Å². The Balaban J connectivity index is 1.62. The Bertz CT molecular complexity index is 1290. The molecule has 3 aromatic rings. The average Bonchev–Trinajstić information content (AvgIpc) is 2.86. The first kappa shape index (κ1) is 24.2. The molecule has 0 radical (unpaired) electrons. The number of carbonyl (C=O) groups excluding carboxylic acids is 2. The molecule has 4 rings (SSSR count). The molecule has 0 unspecified atom stereocenters. The van der Waals surface area contributed by atoms with Crippen molar-refractivity contribution in [3.8, 4) is 6.07 Å². The fraction of sp³-hybridized carbons (Fsp3) is 0.259. The van der Waals surface area contributed by atoms with Crippen molar-refractivity contribution in [1.82, 2.24) is 10.3 Å². The molecule has 0 spiro atoms. The van der Waals surface area contributed by atoms with Crippen LogP contribution in [0.4, 0.5) is 17.2 Å². The number of carbonyl (C=O) groups is 2. The van der Waals surface area contributed by atoms with Gasteiger partial charge >= 0.3 is 0 Å². The van der Waals surface area contributed by atoms with E-state index in [-0.39, 0.29) is 34.3 Å². The zero-order valence-corrected chi connectivity index (χ0v) is 20.4. The van der Waals surface area contributed by atoms with Crippen molar-refractivity contribution in [2.24, 2.45) is 0 Å². The van der Waals surface area contributed by atoms with Crippen LogP contribution in [-0.4, -0.2) is 35.9 Å². The molecule has 1 aliphatic rings. The average molecular weight is 488 g/mol. The number of aryl methyl sites for hydroxylation is 1. The highest BCUT2D eigenvalue weighted by Crippen LogP contribution is 2.38. The number of nitrogens with zero attached hydrogens (tertiary/aromatic N) is 4. The monoisotopic (exact) mass is 487 g/mol. The SMILES string of the molecule is CC(=O)N(c1ccccc1C)c1ncc(N2CCC[C@@H](NC(=O)c3ccccc3)C2)c(C#N)c1Cl. The third kappa shape index (κ3) is 5.13. The Kier molecular flexibility index (Phi) is 7.33. The van der Waals surface area contributed by atoms with Gasteiger partial charge in [0.15, 0.2) is 5.82 Å². The number of hydrogen-bond donors (Lipinski definition) is 1. The van der Waals surface area contributed by atoms with Gasteiger partial charge in [0.1, 0.15) is 11.1 Å². The summed E-state index contributed by atoms with van der Waals surface area (Å²) in [6.07, 6.45) is 3.27. The van der Waals surface area contributed by atoms with Gasteiger partial charge in [-0.1, -0.05) is 48.0 Å². The Hall–Kier alpha value is -3.89. The van der Waals surface area contributed by atoms with Gasteiger partial charge in [-0.25, -0.2) is 4.98 Å². The second-order valence-corrected chi connectivity index (χ2v) is 8.91. The first-order valence-electron chi connectivity index (χ1n) is 11.5. The standard InChI is InChI=1S/C27H26ClN5O2/c1-18-9-6-7-13-23(18)33(19(2)34)26-25(28)22(15-29)24(16-30-26)32-14-8-12-21(17-32)31-27(35)20-10-4-3-5-11-20/h3-7,9-11,13,16,21H,8,12,14,17H2,1-2H3,(H,31,35)/t21-/m1/s1. The zero-order chi connectivity index (χ0) is 24.9. The molecule has 0 aliphatic carbocycles. The molecule has 1 N–H and O–H groups in total. The van der Waals surface area contributed by atoms with Gasteiger partial charge in [0.2, 0.25) is 5.91 Å². The van der Waals surface area contributed by atoms with E-state index in [1.807, 2.05) is 54.3 Å². The maximum Gasteiger partial charge on any atom is 0.251 e. The molecule has 1 aliphatic heterocycles. The van der Waals surface area contributed by atoms with E-state index in [2.05, 4.69) is 16.4 Å². The summed E-state index contributed by atoms with van der Waals surface area (Å²) in [4.78, 5) is 33.2. The third-order valence-electron chi connectivity index (χ3n) is 6.11. The number of hydrogen-bond acceptors (Lipinski definition) is 5. The van der Waals surface area contributed by atoms with Crippen molar-refractivity contribution in [3.05, 3.63) is 82.5 Å². The van der Waals surface area contributed by atoms with Gasteiger partial charge < -0.3 is 10.2 Å². The summed E-state index contributed by atoms with van der Waals surface area (Å²) < 4.78 is 0. The number of nitrogens with one attached hydrogen (secondary N) is 1. The minimum Gasteiger partial charge on any atom is -0.367 e. The lowest BCUT2D eigenvalue weighted by molar-refractivity contribution is -0.115. The number of nitriles is 1. The fourth-order valence-electron chi connectivity index (χ4n) is 4.39. The predicted octanol–water partition coefficient (Wildman–Crippen LogP) is 5.00. The maximum absolute atomic E-state index is 12.6. The van der Waals surface area contributed by atoms with Crippen LogP contribution in [0, 0.1) is 18.3 Å². The van der Waals surface area contributed by atoms with Crippen molar-refractivity contribution < 1.29 is 9.59 Å². The van der Waals surface area contributed by atoms with Crippen LogP contribution in [0.25, 0.3) is 0 Å². The van der Waals surface area contributed by atoms with E-state index in [1.54, 1.807) is 18.3 Å². The lowest BCUT2D eigenvalue weighted by atomic mass is 10.0. The lowest BCUT2D eigenvalue weighted by Gasteiger charge is -2.35. The zero-order valence-electron chi connectivity index (χ0n) is 19.7. The normalized spacial score (nSPS) is 15.3. The van der Waals surface area contributed by atoms with E-state index in [1.165, 1.54) is 11.8 Å². The van der Waals surface area contributed by atoms with Gasteiger partial charge in [0.25, 0.3) is 5.91 Å². The first-order valence-corrected chi connectivity index (χ1v) is 11.8. The summed E-state index contributed by atoms with van der Waals surface area (Å²) >= 11 is 6.70. The molecule has 2 amide bonds. The molecule has 1 fully saturated rings. The fourth-order valence-corrected chi connectivity index (χ4v) is 4.66. The second-order valence-electron chi connectivity index (χ2n) is 8.53. The number of halogens is 1. The van der Waals surface area contributed by atoms with E-state index < -0.39 is 0 Å². The molecule has 1 atom stereocenters. The van der Waals surface area contributed by atoms with Crippen LogP contribution in [0.2, 0.25) is 5.02 Å². The number of piperidine rings is 1. The summed E-state index contributed by atoms with van der Waals surface area (Å²) in [6, 6.07) is 18.7. The minimum atomic E-state index is -0.257. The van der Waals surface area contributed by atoms with Crippen LogP contribution in [0.5, 0.6) is 0 Å². The molecule has 1 saturated heterocycles. The van der Waals surface area contributed by atoms with Crippen molar-refractivity contribution >= 4 is 40.6 Å². The van der Waals surface area contributed by atoms with Crippen molar-refractivity contribution in [1.29, 1.82) is 5.26 Å². The van der Waals surface area contributed by atoms with Gasteiger partial charge in [0.05, 0.1) is 23.1 Å². The number of para-hydroxylation sites is 1. The quantitative estimate of drug-likeness (QED) is 0.547. The number of amides is 2. The lowest BCUT2D eigenvalue weighted by Crippen LogP contribution is -2.48. The molecule has 0 saturated carbocycles. The van der Waals surface area contributed by atoms with Crippen LogP contribution in [0.1, 0.15) is 41.3 Å². The Morgan fingerprint density at radius 2 is 1.89 bits per heavy atom. The Morgan fingerprint density at radius 3 is 2.57 bits per heavy atom. The molecule has 35 heavy (non-hydrogen) atoms. The number of rotatable bonds is 5. The van der Waals surface area contributed by atoms with Crippen LogP contribution in [0.3, 0.4) is 0 Å². The molecule has 0 bridgehead atoms. The first-order chi connectivity index (χ1) is 16.9. The summed E-state index contributed by atoms with van der Waals surface area (Å²) in [5, 5.41) is 13.2. The van der Waals surface area contributed by atoms with Crippen LogP contribution < -0.4 is 15.1 Å². The Morgan fingerprint density at radius 1 is 1.17 bits per heavy atom. The van der Waals surface area contributed by atoms with Gasteiger partial charge in [0, 0.05) is 31.6 Å². The van der Waals surface area contributed by atoms with Gasteiger partial charge in [-0.15, -0.1) is 0 Å². The van der Waals surface area contributed by atoms with Crippen molar-refractivity contribution in [2.45, 2.75) is 32.7 Å². The van der Waals surface area contributed by atoms with E-state index in [4.69, 9.17) is 11.6 Å². The predicted molar refractivity (Wildman–Crippen MR) is 137 cm³/mol. The third-order valence-corrected chi connectivity index (χ3v) is 6.47. The molecule has 1 aromatic heterocycles. The van der Waals surface area contributed by atoms with Crippen LogP contribution in [0.15, 0.2) is 60.8 Å². The topological polar surface area (TPSA) is 89.3 Å². The van der Waals surface area contributed by atoms with Gasteiger partial charge in [-0.3, -0.25) is 14.5 Å². The smallest absolute Gasteiger partial charge is 0.251 e. The van der Waals surface area contributed by atoms with Crippen LogP contribution in [-0.2, 0) is 4.79 Å². The van der Waals surface area contributed by atoms with E-state index in [0.29, 0.717) is 30.0 Å². The summed E-state index contributed by atoms with van der Waals surface area (Å²) in [7, 11) is 0. The highest BCUT2D eigenvalue weighted by atomic mass is 35.5.